The molecule has 0 aromatic carbocycles. The lowest BCUT2D eigenvalue weighted by atomic mass is 10.1. The van der Waals surface area contributed by atoms with Gasteiger partial charge in [-0.2, -0.15) is 0 Å². The fourth-order valence-corrected chi connectivity index (χ4v) is 1.12. The zero-order valence-corrected chi connectivity index (χ0v) is 9.61. The first-order chi connectivity index (χ1) is 7.81. The summed E-state index contributed by atoms with van der Waals surface area (Å²) in [6.07, 6.45) is -2.73. The Kier molecular flexibility index (Phi) is 6.34. The third-order valence-electron chi connectivity index (χ3n) is 2.22. The molecule has 0 bridgehead atoms. The van der Waals surface area contributed by atoms with Crippen molar-refractivity contribution in [3.8, 4) is 0 Å². The van der Waals surface area contributed by atoms with Gasteiger partial charge >= 0.3 is 5.97 Å². The van der Waals surface area contributed by atoms with Crippen LogP contribution in [0.4, 0.5) is 8.78 Å². The Morgan fingerprint density at radius 3 is 2.12 bits per heavy atom. The highest BCUT2D eigenvalue weighted by atomic mass is 19.3. The van der Waals surface area contributed by atoms with Crippen molar-refractivity contribution in [2.24, 2.45) is 0 Å². The van der Waals surface area contributed by atoms with E-state index in [0.717, 1.165) is 4.90 Å². The van der Waals surface area contributed by atoms with Gasteiger partial charge < -0.3 is 15.1 Å². The lowest BCUT2D eigenvalue weighted by Gasteiger charge is -2.22. The van der Waals surface area contributed by atoms with Gasteiger partial charge in [0.05, 0.1) is 13.2 Å². The highest BCUT2D eigenvalue weighted by Gasteiger charge is 2.21. The number of hydrogen-bond acceptors (Lipinski definition) is 3. The molecule has 98 valence electrons. The Hall–Kier alpha value is -1.50. The lowest BCUT2D eigenvalue weighted by molar-refractivity contribution is -0.134. The van der Waals surface area contributed by atoms with E-state index in [1.165, 1.54) is 13.8 Å². The van der Waals surface area contributed by atoms with Crippen molar-refractivity contribution in [2.75, 3.05) is 19.7 Å². The molecule has 0 rings (SSSR count). The van der Waals surface area contributed by atoms with E-state index in [2.05, 4.69) is 0 Å². The Labute approximate surface area is 97.3 Å². The Morgan fingerprint density at radius 2 is 1.76 bits per heavy atom. The quantitative estimate of drug-likeness (QED) is 0.674. The Morgan fingerprint density at radius 1 is 1.24 bits per heavy atom. The van der Waals surface area contributed by atoms with Crippen LogP contribution in [-0.2, 0) is 9.59 Å². The molecule has 0 atom stereocenters. The highest BCUT2D eigenvalue weighted by molar-refractivity contribution is 6.01. The van der Waals surface area contributed by atoms with Crippen molar-refractivity contribution in [1.82, 2.24) is 4.90 Å². The number of rotatable bonds is 6. The predicted molar refractivity (Wildman–Crippen MR) is 55.7 cm³/mol. The van der Waals surface area contributed by atoms with Crippen LogP contribution in [0.15, 0.2) is 11.1 Å². The molecule has 0 saturated heterocycles. The Balaban J connectivity index is 4.95. The molecule has 0 aromatic heterocycles. The van der Waals surface area contributed by atoms with Crippen LogP contribution in [0.25, 0.3) is 0 Å². The van der Waals surface area contributed by atoms with Gasteiger partial charge in [0.1, 0.15) is 0 Å². The molecular weight excluding hydrogens is 236 g/mol. The van der Waals surface area contributed by atoms with E-state index in [0.29, 0.717) is 0 Å². The van der Waals surface area contributed by atoms with Gasteiger partial charge in [0.2, 0.25) is 5.91 Å². The first kappa shape index (κ1) is 15.5. The predicted octanol–water partition coefficient (Wildman–Crippen LogP) is 0.493. The van der Waals surface area contributed by atoms with E-state index in [1.54, 1.807) is 0 Å². The normalized spacial score (nSPS) is 12.4. The van der Waals surface area contributed by atoms with E-state index in [-0.39, 0.29) is 17.7 Å². The number of aliphatic hydroxyl groups excluding tert-OH is 1. The topological polar surface area (TPSA) is 77.8 Å². The van der Waals surface area contributed by atoms with Crippen LogP contribution < -0.4 is 0 Å². The summed E-state index contributed by atoms with van der Waals surface area (Å²) >= 11 is 0. The van der Waals surface area contributed by atoms with Crippen LogP contribution in [0.3, 0.4) is 0 Å². The second kappa shape index (κ2) is 6.95. The van der Waals surface area contributed by atoms with Crippen LogP contribution in [0.1, 0.15) is 13.8 Å². The van der Waals surface area contributed by atoms with Crippen LogP contribution in [0, 0.1) is 0 Å². The zero-order valence-electron chi connectivity index (χ0n) is 9.61. The fourth-order valence-electron chi connectivity index (χ4n) is 1.12. The van der Waals surface area contributed by atoms with Crippen molar-refractivity contribution in [3.05, 3.63) is 11.1 Å². The number of hydrogen-bond donors (Lipinski definition) is 2. The van der Waals surface area contributed by atoms with Gasteiger partial charge in [-0.15, -0.1) is 0 Å². The molecule has 0 unspecified atom stereocenters. The van der Waals surface area contributed by atoms with E-state index in [9.17, 15) is 18.4 Å². The van der Waals surface area contributed by atoms with Gasteiger partial charge in [-0.25, -0.2) is 13.6 Å². The summed E-state index contributed by atoms with van der Waals surface area (Å²) in [5.74, 6) is -2.09. The number of amides is 1. The van der Waals surface area contributed by atoms with Crippen LogP contribution in [0.2, 0.25) is 0 Å². The minimum Gasteiger partial charge on any atom is -0.478 e. The summed E-state index contributed by atoms with van der Waals surface area (Å²) in [7, 11) is 0. The van der Waals surface area contributed by atoms with Gasteiger partial charge in [0.25, 0.3) is 6.43 Å². The van der Waals surface area contributed by atoms with Gasteiger partial charge in [0, 0.05) is 17.7 Å². The number of carbonyl (C=O) groups is 2. The van der Waals surface area contributed by atoms with E-state index in [4.69, 9.17) is 10.2 Å². The molecule has 0 aromatic rings. The largest absolute Gasteiger partial charge is 0.478 e. The number of carbonyl (C=O) groups excluding carboxylic acids is 1. The first-order valence-corrected chi connectivity index (χ1v) is 4.90. The maximum Gasteiger partial charge on any atom is 0.331 e. The van der Waals surface area contributed by atoms with E-state index >= 15 is 0 Å². The smallest absolute Gasteiger partial charge is 0.331 e. The summed E-state index contributed by atoms with van der Waals surface area (Å²) in [6, 6.07) is 0. The van der Waals surface area contributed by atoms with Crippen molar-refractivity contribution in [3.63, 3.8) is 0 Å². The first-order valence-electron chi connectivity index (χ1n) is 4.90. The minimum atomic E-state index is -2.73. The average Bonchev–Trinajstić information content (AvgIpc) is 2.24. The van der Waals surface area contributed by atoms with Gasteiger partial charge in [-0.3, -0.25) is 4.79 Å². The van der Waals surface area contributed by atoms with Crippen molar-refractivity contribution < 1.29 is 28.6 Å². The number of carboxylic acids is 1. The summed E-state index contributed by atoms with van der Waals surface area (Å²) in [6.45, 7) is 0.922. The molecule has 0 saturated carbocycles. The van der Waals surface area contributed by atoms with Crippen LogP contribution in [-0.4, -0.2) is 53.1 Å². The highest BCUT2D eigenvalue weighted by Crippen LogP contribution is 2.09. The number of nitrogens with zero attached hydrogens (tertiary/aromatic N) is 1. The van der Waals surface area contributed by atoms with E-state index < -0.39 is 31.5 Å². The number of alkyl halides is 2. The molecule has 0 heterocycles. The third kappa shape index (κ3) is 4.90. The number of carboxylic acid groups (broad SMARTS) is 1. The molecule has 0 aliphatic carbocycles. The SMILES string of the molecule is CC(C(=O)O)=C(C)C(=O)N(CCO)CC(F)F. The monoisotopic (exact) mass is 251 g/mol. The maximum absolute atomic E-state index is 12.2. The number of aliphatic carboxylic acids is 1. The molecular formula is C10H15F2NO4. The molecule has 17 heavy (non-hydrogen) atoms. The maximum atomic E-state index is 12.2. The summed E-state index contributed by atoms with van der Waals surface area (Å²) in [5.41, 5.74) is -0.321. The van der Waals surface area contributed by atoms with Crippen molar-refractivity contribution >= 4 is 11.9 Å². The lowest BCUT2D eigenvalue weighted by Crippen LogP contribution is -2.38. The second-order valence-electron chi connectivity index (χ2n) is 3.42. The average molecular weight is 251 g/mol. The summed E-state index contributed by atoms with van der Waals surface area (Å²) < 4.78 is 24.4. The molecule has 0 aliphatic heterocycles. The molecule has 0 radical (unpaired) electrons. The van der Waals surface area contributed by atoms with Crippen molar-refractivity contribution in [2.45, 2.75) is 20.3 Å². The summed E-state index contributed by atoms with van der Waals surface area (Å²) in [5, 5.41) is 17.3. The van der Waals surface area contributed by atoms with Gasteiger partial charge in [-0.1, -0.05) is 0 Å². The summed E-state index contributed by atoms with van der Waals surface area (Å²) in [4.78, 5) is 23.0. The number of aliphatic hydroxyl groups is 1. The zero-order chi connectivity index (χ0) is 13.6. The third-order valence-corrected chi connectivity index (χ3v) is 2.22. The number of halogens is 2. The molecule has 1 amide bonds. The molecule has 2 N–H and O–H groups in total. The Bertz CT molecular complexity index is 328. The second-order valence-corrected chi connectivity index (χ2v) is 3.42. The molecule has 5 nitrogen and oxygen atoms in total. The standard InChI is InChI=1S/C10H15F2NO4/c1-6(7(2)10(16)17)9(15)13(3-4-14)5-8(11)12/h8,14H,3-5H2,1-2H3,(H,16,17). The van der Waals surface area contributed by atoms with Gasteiger partial charge in [-0.05, 0) is 13.8 Å². The molecule has 7 heteroatoms. The van der Waals surface area contributed by atoms with Crippen molar-refractivity contribution in [1.29, 1.82) is 0 Å². The molecule has 0 fully saturated rings. The van der Waals surface area contributed by atoms with Crippen LogP contribution in [0.5, 0.6) is 0 Å². The van der Waals surface area contributed by atoms with E-state index in [1.807, 2.05) is 0 Å². The van der Waals surface area contributed by atoms with Crippen LogP contribution >= 0.6 is 0 Å². The fraction of sp³-hybridized carbons (Fsp3) is 0.600. The van der Waals surface area contributed by atoms with Gasteiger partial charge in [0.15, 0.2) is 0 Å². The molecule has 0 aliphatic rings. The molecule has 0 spiro atoms. The minimum absolute atomic E-state index is 0.119.